The Morgan fingerprint density at radius 3 is 1.93 bits per heavy atom. The Morgan fingerprint density at radius 1 is 1.21 bits per heavy atom. The van der Waals surface area contributed by atoms with Gasteiger partial charge in [0.25, 0.3) is 0 Å². The normalized spacial score (nSPS) is 10.3. The predicted molar refractivity (Wildman–Crippen MR) is 83.9 cm³/mol. The third kappa shape index (κ3) is 18.1. The molecule has 14 heteroatoms. The lowest BCUT2D eigenvalue weighted by Gasteiger charge is -2.03. The van der Waals surface area contributed by atoms with Gasteiger partial charge < -0.3 is 20.0 Å². The summed E-state index contributed by atoms with van der Waals surface area (Å²) in [5.41, 5.74) is 0. The minimum atomic E-state index is -5.19. The second-order valence-electron chi connectivity index (χ2n) is 5.02. The minimum absolute atomic E-state index is 1.15. The lowest BCUT2D eigenvalue weighted by molar-refractivity contribution is -0.671. The van der Waals surface area contributed by atoms with Crippen molar-refractivity contribution in [2.24, 2.45) is 7.05 Å². The zero-order valence-electron chi connectivity index (χ0n) is 15.4. The van der Waals surface area contributed by atoms with Gasteiger partial charge in [0.2, 0.25) is 6.33 Å². The number of carbonyl (C=O) groups is 2. The topological polar surface area (TPSA) is 115 Å². The molecule has 0 amide bonds. The summed E-state index contributed by atoms with van der Waals surface area (Å²) < 4.78 is 67.6. The van der Waals surface area contributed by atoms with Crippen molar-refractivity contribution in [3.05, 3.63) is 37.4 Å². The summed E-state index contributed by atoms with van der Waals surface area (Å²) in [5.74, 6) is -5.76. The zero-order chi connectivity index (χ0) is 23.1. The number of H-pyrrole nitrogens is 1. The first kappa shape index (κ1) is 28.2. The van der Waals surface area contributed by atoms with Gasteiger partial charge in [0.15, 0.2) is 0 Å². The van der Waals surface area contributed by atoms with Crippen molar-refractivity contribution in [1.82, 2.24) is 14.5 Å². The minimum Gasteiger partial charge on any atom is -0.542 e. The van der Waals surface area contributed by atoms with E-state index in [1.807, 2.05) is 7.05 Å². The van der Waals surface area contributed by atoms with Gasteiger partial charge in [-0.15, -0.1) is 0 Å². The first-order valence-electron chi connectivity index (χ1n) is 7.73. The summed E-state index contributed by atoms with van der Waals surface area (Å²) in [5, 5.41) is 15.9. The van der Waals surface area contributed by atoms with Crippen LogP contribution in [0.3, 0.4) is 0 Å². The molecule has 8 nitrogen and oxygen atoms in total. The van der Waals surface area contributed by atoms with Crippen LogP contribution >= 0.6 is 0 Å². The molecule has 2 aromatic heterocycles. The molecule has 0 bridgehead atoms. The lowest BCUT2D eigenvalue weighted by Crippen LogP contribution is -2.37. The number of unbranched alkanes of at least 4 members (excludes halogenated alkanes) is 1. The van der Waals surface area contributed by atoms with Gasteiger partial charge in [-0.2, -0.15) is 26.3 Å². The number of carboxylic acid groups (broad SMARTS) is 2. The molecule has 0 unspecified atom stereocenters. The SMILES string of the molecule is CCCCn1cc[n+](C)c1.O=C(O)C(F)(F)F.O=C([O-])C(F)(F)F.c1c[nH]cn1. The van der Waals surface area contributed by atoms with Crippen LogP contribution in [0.15, 0.2) is 37.4 Å². The van der Waals surface area contributed by atoms with Crippen molar-refractivity contribution >= 4 is 11.9 Å². The van der Waals surface area contributed by atoms with Gasteiger partial charge in [0, 0.05) is 12.4 Å². The van der Waals surface area contributed by atoms with Crippen molar-refractivity contribution < 1.29 is 50.7 Å². The summed E-state index contributed by atoms with van der Waals surface area (Å²) in [4.78, 5) is 24.1. The molecule has 166 valence electrons. The number of aromatic amines is 1. The van der Waals surface area contributed by atoms with Gasteiger partial charge in [-0.3, -0.25) is 0 Å². The van der Waals surface area contributed by atoms with Crippen molar-refractivity contribution in [2.75, 3.05) is 0 Å². The molecule has 0 spiro atoms. The maximum atomic E-state index is 10.6. The maximum absolute atomic E-state index is 10.6. The first-order chi connectivity index (χ1) is 13.2. The second-order valence-corrected chi connectivity index (χ2v) is 5.02. The fourth-order valence-electron chi connectivity index (χ4n) is 1.19. The van der Waals surface area contributed by atoms with Crippen molar-refractivity contribution in [3.8, 4) is 0 Å². The average molecular weight is 434 g/mol. The summed E-state index contributed by atoms with van der Waals surface area (Å²) in [6.07, 6.45) is 3.62. The van der Waals surface area contributed by atoms with Crippen molar-refractivity contribution in [1.29, 1.82) is 0 Å². The zero-order valence-corrected chi connectivity index (χ0v) is 15.4. The van der Waals surface area contributed by atoms with Crippen LogP contribution in [0.2, 0.25) is 0 Å². The Morgan fingerprint density at radius 2 is 1.72 bits per heavy atom. The summed E-state index contributed by atoms with van der Waals surface area (Å²) in [6, 6.07) is 0. The van der Waals surface area contributed by atoms with E-state index in [0.717, 1.165) is 6.54 Å². The van der Waals surface area contributed by atoms with E-state index in [0.29, 0.717) is 0 Å². The Balaban J connectivity index is 0. The molecule has 2 heterocycles. The number of carbonyl (C=O) groups excluding carboxylic acids is 1. The van der Waals surface area contributed by atoms with Gasteiger partial charge >= 0.3 is 18.3 Å². The molecule has 0 aliphatic rings. The molecular weight excluding hydrogens is 414 g/mol. The number of aliphatic carboxylic acids is 2. The van der Waals surface area contributed by atoms with Crippen LogP contribution in [0, 0.1) is 0 Å². The van der Waals surface area contributed by atoms with Crippen LogP contribution in [0.4, 0.5) is 26.3 Å². The summed E-state index contributed by atoms with van der Waals surface area (Å²) >= 11 is 0. The van der Waals surface area contributed by atoms with Crippen LogP contribution in [-0.4, -0.2) is 43.9 Å². The number of hydrogen-bond acceptors (Lipinski definition) is 4. The molecule has 0 saturated carbocycles. The molecular formula is C15H20F6N4O4. The highest BCUT2D eigenvalue weighted by Gasteiger charge is 2.38. The average Bonchev–Trinajstić information content (AvgIpc) is 3.27. The van der Waals surface area contributed by atoms with Crippen LogP contribution < -0.4 is 9.67 Å². The Labute approximate surface area is 161 Å². The van der Waals surface area contributed by atoms with E-state index in [9.17, 15) is 26.3 Å². The molecule has 2 rings (SSSR count). The quantitative estimate of drug-likeness (QED) is 0.561. The molecule has 29 heavy (non-hydrogen) atoms. The van der Waals surface area contributed by atoms with Gasteiger partial charge in [-0.25, -0.2) is 18.9 Å². The van der Waals surface area contributed by atoms with Gasteiger partial charge in [-0.05, 0) is 6.42 Å². The number of aryl methyl sites for hydroxylation is 2. The van der Waals surface area contributed by atoms with E-state index < -0.39 is 24.3 Å². The van der Waals surface area contributed by atoms with Crippen molar-refractivity contribution in [3.63, 3.8) is 0 Å². The number of halogens is 6. The Hall–Kier alpha value is -3.06. The molecule has 0 atom stereocenters. The number of carboxylic acids is 2. The highest BCUT2D eigenvalue weighted by atomic mass is 19.4. The van der Waals surface area contributed by atoms with Gasteiger partial charge in [0.05, 0.1) is 19.9 Å². The number of alkyl halides is 6. The molecule has 0 radical (unpaired) electrons. The summed E-state index contributed by atoms with van der Waals surface area (Å²) in [6.45, 7) is 3.36. The second kappa shape index (κ2) is 14.0. The maximum Gasteiger partial charge on any atom is 0.490 e. The monoisotopic (exact) mass is 434 g/mol. The van der Waals surface area contributed by atoms with Crippen LogP contribution in [0.25, 0.3) is 0 Å². The largest absolute Gasteiger partial charge is 0.542 e. The van der Waals surface area contributed by atoms with Gasteiger partial charge in [0.1, 0.15) is 18.4 Å². The number of hydrogen-bond donors (Lipinski definition) is 2. The Bertz CT molecular complexity index is 643. The van der Waals surface area contributed by atoms with Crippen LogP contribution in [0.1, 0.15) is 19.8 Å². The molecule has 0 fully saturated rings. The third-order valence-corrected chi connectivity index (χ3v) is 2.47. The molecule has 0 aromatic carbocycles. The van der Waals surface area contributed by atoms with Crippen LogP contribution in [0.5, 0.6) is 0 Å². The van der Waals surface area contributed by atoms with Crippen molar-refractivity contribution in [2.45, 2.75) is 38.7 Å². The molecule has 2 N–H and O–H groups in total. The van der Waals surface area contributed by atoms with E-state index in [1.165, 1.54) is 12.8 Å². The fraction of sp³-hybridized carbons (Fsp3) is 0.467. The third-order valence-electron chi connectivity index (χ3n) is 2.47. The fourth-order valence-corrected chi connectivity index (χ4v) is 1.19. The van der Waals surface area contributed by atoms with E-state index in [1.54, 1.807) is 18.7 Å². The van der Waals surface area contributed by atoms with E-state index >= 15 is 0 Å². The standard InChI is InChI=1S/C8H15N2.C3H4N2.2C2HF3O2/c1-3-4-5-10-7-6-9(2)8-10;1-2-5-3-4-1;2*3-2(4,5)1(6)7/h6-8H,3-5H2,1-2H3;1-3H,(H,4,5);2*(H,6,7)/q+1;;;/p-1. The highest BCUT2D eigenvalue weighted by Crippen LogP contribution is 2.13. The molecule has 0 saturated heterocycles. The van der Waals surface area contributed by atoms with Crippen LogP contribution in [-0.2, 0) is 23.2 Å². The van der Waals surface area contributed by atoms with E-state index in [4.69, 9.17) is 19.8 Å². The number of nitrogens with one attached hydrogen (secondary N) is 1. The lowest BCUT2D eigenvalue weighted by atomic mass is 10.3. The number of aromatic nitrogens is 4. The molecule has 0 aliphatic carbocycles. The van der Waals surface area contributed by atoms with Gasteiger partial charge in [-0.1, -0.05) is 13.3 Å². The summed E-state index contributed by atoms with van der Waals surface area (Å²) in [7, 11) is 2.04. The predicted octanol–water partition coefficient (Wildman–Crippen LogP) is 1.45. The molecule has 0 aliphatic heterocycles. The van der Waals surface area contributed by atoms with E-state index in [-0.39, 0.29) is 0 Å². The number of nitrogens with zero attached hydrogens (tertiary/aromatic N) is 3. The highest BCUT2D eigenvalue weighted by molar-refractivity contribution is 5.73. The Kier molecular flexibility index (Phi) is 13.6. The first-order valence-corrected chi connectivity index (χ1v) is 7.73. The van der Waals surface area contributed by atoms with E-state index in [2.05, 4.69) is 44.7 Å². The molecule has 2 aromatic rings. The smallest absolute Gasteiger partial charge is 0.490 e. The number of rotatable bonds is 3. The number of imidazole rings is 2.